The highest BCUT2D eigenvalue weighted by atomic mass is 79.9. The van der Waals surface area contributed by atoms with Gasteiger partial charge in [-0.3, -0.25) is 9.69 Å². The molecule has 3 N–H and O–H groups in total. The zero-order valence-electron chi connectivity index (χ0n) is 16.7. The van der Waals surface area contributed by atoms with Gasteiger partial charge in [-0.25, -0.2) is 4.39 Å². The van der Waals surface area contributed by atoms with Gasteiger partial charge in [0.25, 0.3) is 0 Å². The Hall–Kier alpha value is -3.11. The standard InChI is InChI=1S/C21H20BrFN6O2/c1-31-19(30)17-9-12-2-3-14(22)8-13(12)10-29(17)11-18-26-20(24)28-21(27-18)25-16-6-4-15(23)5-7-16/h2-8,17H,9-11H2,1H3,(H3,24,25,26,27,28). The van der Waals surface area contributed by atoms with E-state index >= 15 is 0 Å². The summed E-state index contributed by atoms with van der Waals surface area (Å²) in [6.45, 7) is 0.803. The van der Waals surface area contributed by atoms with Crippen LogP contribution in [0.1, 0.15) is 17.0 Å². The average Bonchev–Trinajstić information content (AvgIpc) is 2.74. The van der Waals surface area contributed by atoms with Gasteiger partial charge in [0.2, 0.25) is 11.9 Å². The van der Waals surface area contributed by atoms with Gasteiger partial charge < -0.3 is 15.8 Å². The second-order valence-electron chi connectivity index (χ2n) is 7.13. The first kappa shape index (κ1) is 21.1. The summed E-state index contributed by atoms with van der Waals surface area (Å²) in [6, 6.07) is 11.4. The number of esters is 1. The van der Waals surface area contributed by atoms with Crippen LogP contribution in [0.15, 0.2) is 46.9 Å². The third-order valence-electron chi connectivity index (χ3n) is 5.01. The second kappa shape index (κ2) is 8.94. The van der Waals surface area contributed by atoms with E-state index < -0.39 is 6.04 Å². The fraction of sp³-hybridized carbons (Fsp3) is 0.238. The van der Waals surface area contributed by atoms with Crippen molar-refractivity contribution in [2.24, 2.45) is 0 Å². The van der Waals surface area contributed by atoms with Gasteiger partial charge in [0.15, 0.2) is 0 Å². The van der Waals surface area contributed by atoms with Gasteiger partial charge in [0, 0.05) is 16.7 Å². The fourth-order valence-corrected chi connectivity index (χ4v) is 3.96. The molecule has 4 rings (SSSR count). The molecule has 2 aromatic carbocycles. The molecule has 160 valence electrons. The first-order valence-electron chi connectivity index (χ1n) is 9.53. The zero-order chi connectivity index (χ0) is 22.0. The van der Waals surface area contributed by atoms with E-state index in [1.165, 1.54) is 19.2 Å². The molecule has 1 atom stereocenters. The molecule has 0 fully saturated rings. The molecule has 0 radical (unpaired) electrons. The average molecular weight is 487 g/mol. The van der Waals surface area contributed by atoms with Crippen LogP contribution in [0.5, 0.6) is 0 Å². The van der Waals surface area contributed by atoms with Crippen molar-refractivity contribution < 1.29 is 13.9 Å². The number of hydrogen-bond acceptors (Lipinski definition) is 8. The van der Waals surface area contributed by atoms with Gasteiger partial charge in [-0.2, -0.15) is 15.0 Å². The summed E-state index contributed by atoms with van der Waals surface area (Å²) in [5, 5.41) is 2.99. The lowest BCUT2D eigenvalue weighted by molar-refractivity contribution is -0.148. The monoisotopic (exact) mass is 486 g/mol. The molecule has 10 heteroatoms. The van der Waals surface area contributed by atoms with E-state index in [4.69, 9.17) is 10.5 Å². The number of fused-ring (bicyclic) bond motifs is 1. The van der Waals surface area contributed by atoms with Gasteiger partial charge in [0.05, 0.1) is 13.7 Å². The Balaban J connectivity index is 1.59. The van der Waals surface area contributed by atoms with E-state index in [1.807, 2.05) is 23.1 Å². The van der Waals surface area contributed by atoms with Crippen LogP contribution in [0.3, 0.4) is 0 Å². The van der Waals surface area contributed by atoms with Crippen LogP contribution in [0.25, 0.3) is 0 Å². The predicted molar refractivity (Wildman–Crippen MR) is 117 cm³/mol. The van der Waals surface area contributed by atoms with Crippen molar-refractivity contribution in [2.75, 3.05) is 18.2 Å². The fourth-order valence-electron chi connectivity index (χ4n) is 3.55. The molecule has 1 aromatic heterocycles. The number of anilines is 3. The van der Waals surface area contributed by atoms with Gasteiger partial charge in [-0.15, -0.1) is 0 Å². The minimum Gasteiger partial charge on any atom is -0.468 e. The molecule has 0 amide bonds. The number of halogens is 2. The second-order valence-corrected chi connectivity index (χ2v) is 8.04. The van der Waals surface area contributed by atoms with Gasteiger partial charge in [-0.1, -0.05) is 22.0 Å². The SMILES string of the molecule is COC(=O)C1Cc2ccc(Br)cc2CN1Cc1nc(N)nc(Nc2ccc(F)cc2)n1. The minimum absolute atomic E-state index is 0.0457. The van der Waals surface area contributed by atoms with E-state index in [1.54, 1.807) is 12.1 Å². The van der Waals surface area contributed by atoms with Crippen molar-refractivity contribution in [3.8, 4) is 0 Å². The molecule has 3 aromatic rings. The van der Waals surface area contributed by atoms with Crippen LogP contribution in [0.4, 0.5) is 22.0 Å². The molecule has 0 saturated carbocycles. The van der Waals surface area contributed by atoms with Crippen LogP contribution in [-0.2, 0) is 29.0 Å². The Morgan fingerprint density at radius 2 is 2.00 bits per heavy atom. The summed E-state index contributed by atoms with van der Waals surface area (Å²) in [5.74, 6) is 0.0326. The number of aromatic nitrogens is 3. The molecule has 0 saturated heterocycles. The summed E-state index contributed by atoms with van der Waals surface area (Å²) < 4.78 is 19.1. The third kappa shape index (κ3) is 4.97. The quantitative estimate of drug-likeness (QED) is 0.529. The van der Waals surface area contributed by atoms with E-state index in [-0.39, 0.29) is 30.2 Å². The molecule has 8 nitrogen and oxygen atoms in total. The number of methoxy groups -OCH3 is 1. The Bertz CT molecular complexity index is 1110. The van der Waals surface area contributed by atoms with Crippen molar-refractivity contribution in [2.45, 2.75) is 25.6 Å². The number of rotatable bonds is 5. The predicted octanol–water partition coefficient (Wildman–Crippen LogP) is 3.20. The molecule has 0 aliphatic carbocycles. The van der Waals surface area contributed by atoms with Gasteiger partial charge >= 0.3 is 5.97 Å². The lowest BCUT2D eigenvalue weighted by atomic mass is 9.94. The highest BCUT2D eigenvalue weighted by Crippen LogP contribution is 2.28. The number of nitrogens with one attached hydrogen (secondary N) is 1. The van der Waals surface area contributed by atoms with Crippen LogP contribution < -0.4 is 11.1 Å². The maximum Gasteiger partial charge on any atom is 0.323 e. The van der Waals surface area contributed by atoms with E-state index in [2.05, 4.69) is 36.2 Å². The van der Waals surface area contributed by atoms with Crippen molar-refractivity contribution in [1.29, 1.82) is 0 Å². The largest absolute Gasteiger partial charge is 0.468 e. The van der Waals surface area contributed by atoms with Crippen LogP contribution in [0.2, 0.25) is 0 Å². The smallest absolute Gasteiger partial charge is 0.323 e. The van der Waals surface area contributed by atoms with Gasteiger partial charge in [-0.05, 0) is 53.9 Å². The first-order chi connectivity index (χ1) is 14.9. The molecular weight excluding hydrogens is 467 g/mol. The van der Waals surface area contributed by atoms with Crippen molar-refractivity contribution >= 4 is 39.5 Å². The summed E-state index contributed by atoms with van der Waals surface area (Å²) in [6.07, 6.45) is 0.524. The number of carbonyl (C=O) groups excluding carboxylic acids is 1. The highest BCUT2D eigenvalue weighted by molar-refractivity contribution is 9.10. The van der Waals surface area contributed by atoms with E-state index in [9.17, 15) is 9.18 Å². The zero-order valence-corrected chi connectivity index (χ0v) is 18.3. The molecule has 0 spiro atoms. The first-order valence-corrected chi connectivity index (χ1v) is 10.3. The Morgan fingerprint density at radius 3 is 2.74 bits per heavy atom. The van der Waals surface area contributed by atoms with E-state index in [0.717, 1.165) is 15.6 Å². The number of nitrogens with two attached hydrogens (primary N) is 1. The topological polar surface area (TPSA) is 106 Å². The van der Waals surface area contributed by atoms with Crippen LogP contribution in [-0.4, -0.2) is 39.0 Å². The molecule has 31 heavy (non-hydrogen) atoms. The molecule has 0 bridgehead atoms. The normalized spacial score (nSPS) is 15.9. The summed E-state index contributed by atoms with van der Waals surface area (Å²) in [5.41, 5.74) is 8.71. The van der Waals surface area contributed by atoms with Crippen LogP contribution >= 0.6 is 15.9 Å². The molecule has 1 unspecified atom stereocenters. The van der Waals surface area contributed by atoms with Crippen molar-refractivity contribution in [3.05, 3.63) is 69.7 Å². The Labute approximate surface area is 186 Å². The van der Waals surface area contributed by atoms with E-state index in [0.29, 0.717) is 24.5 Å². The van der Waals surface area contributed by atoms with Crippen LogP contribution in [0, 0.1) is 5.82 Å². The number of nitrogen functional groups attached to an aromatic ring is 1. The maximum absolute atomic E-state index is 13.1. The Morgan fingerprint density at radius 1 is 1.23 bits per heavy atom. The lowest BCUT2D eigenvalue weighted by Gasteiger charge is -2.34. The third-order valence-corrected chi connectivity index (χ3v) is 5.51. The number of nitrogens with zero attached hydrogens (tertiary/aromatic N) is 4. The number of ether oxygens (including phenoxy) is 1. The van der Waals surface area contributed by atoms with Gasteiger partial charge in [0.1, 0.15) is 17.7 Å². The molecule has 1 aliphatic heterocycles. The Kier molecular flexibility index (Phi) is 6.10. The molecular formula is C21H20BrFN6O2. The van der Waals surface area contributed by atoms with Crippen molar-refractivity contribution in [3.63, 3.8) is 0 Å². The number of hydrogen-bond donors (Lipinski definition) is 2. The minimum atomic E-state index is -0.467. The van der Waals surface area contributed by atoms with Crippen molar-refractivity contribution in [1.82, 2.24) is 19.9 Å². The molecule has 1 aliphatic rings. The maximum atomic E-state index is 13.1. The highest BCUT2D eigenvalue weighted by Gasteiger charge is 2.33. The lowest BCUT2D eigenvalue weighted by Crippen LogP contribution is -2.46. The number of benzene rings is 2. The summed E-state index contributed by atoms with van der Waals surface area (Å²) in [7, 11) is 1.38. The molecule has 2 heterocycles. The summed E-state index contributed by atoms with van der Waals surface area (Å²) >= 11 is 3.50. The number of carbonyl (C=O) groups is 1. The summed E-state index contributed by atoms with van der Waals surface area (Å²) in [4.78, 5) is 27.2.